The molecule has 9 nitrogen and oxygen atoms in total. The molecule has 1 N–H and O–H groups in total. The minimum absolute atomic E-state index is 0.0300. The molecule has 0 unspecified atom stereocenters. The van der Waals surface area contributed by atoms with E-state index in [9.17, 15) is 18.0 Å². The number of unbranched alkanes of at least 4 members (excludes halogenated alkanes) is 1. The van der Waals surface area contributed by atoms with E-state index < -0.39 is 17.8 Å². The lowest BCUT2D eigenvalue weighted by Gasteiger charge is -2.16. The molecule has 0 aliphatic carbocycles. The minimum atomic E-state index is -4.59. The van der Waals surface area contributed by atoms with Gasteiger partial charge >= 0.3 is 12.1 Å². The van der Waals surface area contributed by atoms with Gasteiger partial charge in [-0.1, -0.05) is 37.1 Å². The van der Waals surface area contributed by atoms with Gasteiger partial charge in [-0.2, -0.15) is 18.4 Å². The van der Waals surface area contributed by atoms with Gasteiger partial charge in [0.2, 0.25) is 5.82 Å². The van der Waals surface area contributed by atoms with Crippen molar-refractivity contribution in [2.24, 2.45) is 0 Å². The summed E-state index contributed by atoms with van der Waals surface area (Å²) in [4.78, 5) is 15.8. The first-order valence-corrected chi connectivity index (χ1v) is 11.6. The van der Waals surface area contributed by atoms with Crippen LogP contribution in [-0.2, 0) is 35.3 Å². The Morgan fingerprint density at radius 2 is 1.92 bits per heavy atom. The van der Waals surface area contributed by atoms with Crippen LogP contribution < -0.4 is 0 Å². The van der Waals surface area contributed by atoms with Crippen LogP contribution in [-0.4, -0.2) is 40.7 Å². The lowest BCUT2D eigenvalue weighted by molar-refractivity contribution is -0.143. The summed E-state index contributed by atoms with van der Waals surface area (Å²) >= 11 is 6.35. The second-order valence-electron chi connectivity index (χ2n) is 8.07. The van der Waals surface area contributed by atoms with Crippen LogP contribution in [0.25, 0.3) is 17.2 Å². The molecule has 3 aromatic heterocycles. The molecule has 0 fully saturated rings. The van der Waals surface area contributed by atoms with E-state index in [0.717, 1.165) is 34.9 Å². The standard InChI is InChI=1S/C23H23ClF3N7O2/c1-3-4-5-20-28-21(24)18(13-36-14(2)35)33(20)12-15-6-8-16(9-7-15)34-17(22-29-31-32-30-22)10-11-19(34)23(25,26)27/h6-11H,3-5,12-13H2,1-2H3,(H,29,30,31,32). The number of esters is 1. The van der Waals surface area contributed by atoms with E-state index in [1.165, 1.54) is 13.0 Å². The number of benzene rings is 1. The summed E-state index contributed by atoms with van der Waals surface area (Å²) in [6.07, 6.45) is -2.06. The number of tetrazole rings is 1. The maximum atomic E-state index is 13.7. The van der Waals surface area contributed by atoms with Gasteiger partial charge in [-0.3, -0.25) is 4.79 Å². The number of rotatable bonds is 9. The Morgan fingerprint density at radius 1 is 1.17 bits per heavy atom. The fourth-order valence-electron chi connectivity index (χ4n) is 3.84. The number of ether oxygens (including phenoxy) is 1. The van der Waals surface area contributed by atoms with Crippen LogP contribution in [0.1, 0.15) is 49.5 Å². The number of alkyl halides is 3. The molecule has 0 saturated heterocycles. The molecule has 0 saturated carbocycles. The largest absolute Gasteiger partial charge is 0.459 e. The van der Waals surface area contributed by atoms with Crippen molar-refractivity contribution in [1.29, 1.82) is 0 Å². The number of hydrogen-bond acceptors (Lipinski definition) is 6. The van der Waals surface area contributed by atoms with E-state index >= 15 is 0 Å². The molecular formula is C23H23ClF3N7O2. The van der Waals surface area contributed by atoms with Crippen molar-refractivity contribution < 1.29 is 22.7 Å². The van der Waals surface area contributed by atoms with Crippen molar-refractivity contribution >= 4 is 17.6 Å². The summed E-state index contributed by atoms with van der Waals surface area (Å²) in [5.41, 5.74) is 0.936. The molecule has 190 valence electrons. The first-order valence-electron chi connectivity index (χ1n) is 11.2. The van der Waals surface area contributed by atoms with Crippen molar-refractivity contribution in [3.05, 3.63) is 64.3 Å². The summed E-state index contributed by atoms with van der Waals surface area (Å²) in [7, 11) is 0. The summed E-state index contributed by atoms with van der Waals surface area (Å²) in [6, 6.07) is 8.91. The van der Waals surface area contributed by atoms with E-state index in [0.29, 0.717) is 18.7 Å². The second kappa shape index (κ2) is 10.5. The van der Waals surface area contributed by atoms with Gasteiger partial charge < -0.3 is 13.9 Å². The summed E-state index contributed by atoms with van der Waals surface area (Å²) in [5.74, 6) is 0.346. The number of aromatic amines is 1. The predicted molar refractivity (Wildman–Crippen MR) is 124 cm³/mol. The van der Waals surface area contributed by atoms with Crippen molar-refractivity contribution in [3.63, 3.8) is 0 Å². The molecule has 0 amide bonds. The zero-order valence-corrected chi connectivity index (χ0v) is 20.3. The number of halogens is 4. The number of carbonyl (C=O) groups excluding carboxylic acids is 1. The normalized spacial score (nSPS) is 11.7. The summed E-state index contributed by atoms with van der Waals surface area (Å²) in [6.45, 7) is 3.69. The Bertz CT molecular complexity index is 1330. The van der Waals surface area contributed by atoms with Gasteiger partial charge in [0.05, 0.1) is 11.4 Å². The topological polar surface area (TPSA) is 104 Å². The van der Waals surface area contributed by atoms with Gasteiger partial charge in [0, 0.05) is 25.6 Å². The maximum Gasteiger partial charge on any atom is 0.431 e. The molecule has 1 aromatic carbocycles. The fraction of sp³-hybridized carbons (Fsp3) is 0.348. The van der Waals surface area contributed by atoms with E-state index in [4.69, 9.17) is 16.3 Å². The van der Waals surface area contributed by atoms with Gasteiger partial charge in [0.1, 0.15) is 18.1 Å². The zero-order chi connectivity index (χ0) is 25.9. The number of carbonyl (C=O) groups is 1. The van der Waals surface area contributed by atoms with Crippen molar-refractivity contribution in [1.82, 2.24) is 34.7 Å². The Morgan fingerprint density at radius 3 is 2.53 bits per heavy atom. The van der Waals surface area contributed by atoms with Gasteiger partial charge in [-0.05, 0) is 41.5 Å². The van der Waals surface area contributed by atoms with Crippen LogP contribution in [0.4, 0.5) is 13.2 Å². The summed E-state index contributed by atoms with van der Waals surface area (Å²) in [5, 5.41) is 13.6. The molecule has 0 aliphatic rings. The lowest BCUT2D eigenvalue weighted by atomic mass is 10.2. The minimum Gasteiger partial charge on any atom is -0.459 e. The SMILES string of the molecule is CCCCc1nc(Cl)c(COC(C)=O)n1Cc1ccc(-n2c(-c3nn[nH]n3)ccc2C(F)(F)F)cc1. The highest BCUT2D eigenvalue weighted by atomic mass is 35.5. The molecule has 0 bridgehead atoms. The van der Waals surface area contributed by atoms with Crippen LogP contribution in [0.5, 0.6) is 0 Å². The first-order chi connectivity index (χ1) is 17.2. The molecule has 0 aliphatic heterocycles. The third kappa shape index (κ3) is 5.43. The first kappa shape index (κ1) is 25.4. The van der Waals surface area contributed by atoms with Gasteiger partial charge in [0.15, 0.2) is 5.15 Å². The number of nitrogens with one attached hydrogen (secondary N) is 1. The molecule has 13 heteroatoms. The highest BCUT2D eigenvalue weighted by Crippen LogP contribution is 2.35. The van der Waals surface area contributed by atoms with Gasteiger partial charge in [-0.15, -0.1) is 10.2 Å². The van der Waals surface area contributed by atoms with Gasteiger partial charge in [0.25, 0.3) is 0 Å². The lowest BCUT2D eigenvalue weighted by Crippen LogP contribution is -2.14. The predicted octanol–water partition coefficient (Wildman–Crippen LogP) is 4.98. The number of H-pyrrole nitrogens is 1. The summed E-state index contributed by atoms with van der Waals surface area (Å²) < 4.78 is 49.3. The molecule has 36 heavy (non-hydrogen) atoms. The quantitative estimate of drug-likeness (QED) is 0.312. The van der Waals surface area contributed by atoms with Crippen LogP contribution in [0.2, 0.25) is 5.15 Å². The van der Waals surface area contributed by atoms with Crippen LogP contribution in [0, 0.1) is 0 Å². The third-order valence-corrected chi connectivity index (χ3v) is 5.85. The van der Waals surface area contributed by atoms with Crippen molar-refractivity contribution in [2.45, 2.75) is 52.4 Å². The molecule has 4 rings (SSSR count). The third-order valence-electron chi connectivity index (χ3n) is 5.55. The Balaban J connectivity index is 1.68. The molecule has 0 radical (unpaired) electrons. The van der Waals surface area contributed by atoms with Crippen LogP contribution in [0.15, 0.2) is 36.4 Å². The maximum absolute atomic E-state index is 13.7. The smallest absolute Gasteiger partial charge is 0.431 e. The van der Waals surface area contributed by atoms with E-state index in [-0.39, 0.29) is 29.0 Å². The molecule has 3 heterocycles. The highest BCUT2D eigenvalue weighted by molar-refractivity contribution is 6.30. The monoisotopic (exact) mass is 521 g/mol. The molecule has 4 aromatic rings. The Hall–Kier alpha value is -3.67. The molecular weight excluding hydrogens is 499 g/mol. The highest BCUT2D eigenvalue weighted by Gasteiger charge is 2.36. The molecule has 0 atom stereocenters. The van der Waals surface area contributed by atoms with Crippen LogP contribution in [0.3, 0.4) is 0 Å². The molecule has 0 spiro atoms. The number of aryl methyl sites for hydroxylation is 1. The van der Waals surface area contributed by atoms with Gasteiger partial charge in [-0.25, -0.2) is 4.98 Å². The number of imidazole rings is 1. The number of nitrogens with zero attached hydrogens (tertiary/aromatic N) is 6. The van der Waals surface area contributed by atoms with E-state index in [2.05, 4.69) is 32.5 Å². The average Bonchev–Trinajstić information content (AvgIpc) is 3.56. The second-order valence-corrected chi connectivity index (χ2v) is 8.43. The van der Waals surface area contributed by atoms with Crippen molar-refractivity contribution in [2.75, 3.05) is 0 Å². The van der Waals surface area contributed by atoms with E-state index in [1.807, 2.05) is 4.57 Å². The fourth-order valence-corrected chi connectivity index (χ4v) is 4.09. The van der Waals surface area contributed by atoms with Crippen LogP contribution >= 0.6 is 11.6 Å². The number of hydrogen-bond donors (Lipinski definition) is 1. The average molecular weight is 522 g/mol. The number of aromatic nitrogens is 7. The van der Waals surface area contributed by atoms with E-state index in [1.54, 1.807) is 24.3 Å². The Kier molecular flexibility index (Phi) is 7.43. The zero-order valence-electron chi connectivity index (χ0n) is 19.5. The Labute approximate surface area is 209 Å². The van der Waals surface area contributed by atoms with Crippen molar-refractivity contribution in [3.8, 4) is 17.2 Å².